The molecule has 1 N–H and O–H groups in total. The molecule has 1 aliphatic heterocycles. The standard InChI is InChI=1S/C21H30N4O2/c1-15-6-5-11-25(14-15)21-23-16(2)12-20(24-21)22-10-9-17-7-8-18(26-3)19(13-17)27-4/h7-8,12-13,15H,5-6,9-11,14H2,1-4H3,(H,22,23,24). The van der Waals surface area contributed by atoms with E-state index in [1.54, 1.807) is 14.2 Å². The fourth-order valence-electron chi connectivity index (χ4n) is 3.53. The van der Waals surface area contributed by atoms with E-state index in [0.717, 1.165) is 55.0 Å². The summed E-state index contributed by atoms with van der Waals surface area (Å²) in [5.41, 5.74) is 2.18. The molecule has 1 saturated heterocycles. The van der Waals surface area contributed by atoms with Gasteiger partial charge in [-0.3, -0.25) is 0 Å². The van der Waals surface area contributed by atoms with Gasteiger partial charge in [0.1, 0.15) is 5.82 Å². The first kappa shape index (κ1) is 19.3. The van der Waals surface area contributed by atoms with E-state index < -0.39 is 0 Å². The number of rotatable bonds is 7. The zero-order valence-corrected chi connectivity index (χ0v) is 16.8. The van der Waals surface area contributed by atoms with Crippen molar-refractivity contribution in [3.05, 3.63) is 35.5 Å². The first-order valence-electron chi connectivity index (χ1n) is 9.64. The number of piperidine rings is 1. The molecule has 1 aromatic heterocycles. The number of benzene rings is 1. The van der Waals surface area contributed by atoms with E-state index in [4.69, 9.17) is 14.5 Å². The van der Waals surface area contributed by atoms with Gasteiger partial charge in [-0.05, 0) is 49.8 Å². The molecule has 6 heteroatoms. The van der Waals surface area contributed by atoms with Gasteiger partial charge in [-0.1, -0.05) is 13.0 Å². The Morgan fingerprint density at radius 1 is 1.15 bits per heavy atom. The summed E-state index contributed by atoms with van der Waals surface area (Å²) in [5, 5.41) is 3.44. The maximum atomic E-state index is 5.38. The van der Waals surface area contributed by atoms with Gasteiger partial charge in [0.25, 0.3) is 0 Å². The Morgan fingerprint density at radius 3 is 2.70 bits per heavy atom. The SMILES string of the molecule is COc1ccc(CCNc2cc(C)nc(N3CCCC(C)C3)n2)cc1OC. The molecule has 1 fully saturated rings. The molecule has 27 heavy (non-hydrogen) atoms. The summed E-state index contributed by atoms with van der Waals surface area (Å²) in [6, 6.07) is 8.03. The first-order valence-corrected chi connectivity index (χ1v) is 9.64. The molecule has 1 unspecified atom stereocenters. The molecule has 3 rings (SSSR count). The Morgan fingerprint density at radius 2 is 1.96 bits per heavy atom. The highest BCUT2D eigenvalue weighted by Crippen LogP contribution is 2.27. The number of hydrogen-bond donors (Lipinski definition) is 1. The number of aryl methyl sites for hydroxylation is 1. The minimum atomic E-state index is 0.698. The average molecular weight is 370 g/mol. The molecule has 0 bridgehead atoms. The first-order chi connectivity index (χ1) is 13.1. The lowest BCUT2D eigenvalue weighted by Gasteiger charge is -2.31. The molecule has 6 nitrogen and oxygen atoms in total. The van der Waals surface area contributed by atoms with Crippen molar-refractivity contribution in [1.29, 1.82) is 0 Å². The monoisotopic (exact) mass is 370 g/mol. The Labute approximate surface area is 161 Å². The second kappa shape index (κ2) is 8.93. The molecule has 0 saturated carbocycles. The van der Waals surface area contributed by atoms with Crippen molar-refractivity contribution in [2.24, 2.45) is 5.92 Å². The number of hydrogen-bond acceptors (Lipinski definition) is 6. The van der Waals surface area contributed by atoms with E-state index in [2.05, 4.69) is 28.2 Å². The second-order valence-corrected chi connectivity index (χ2v) is 7.25. The van der Waals surface area contributed by atoms with Crippen LogP contribution in [0.25, 0.3) is 0 Å². The van der Waals surface area contributed by atoms with Gasteiger partial charge >= 0.3 is 0 Å². The lowest BCUT2D eigenvalue weighted by molar-refractivity contribution is 0.354. The van der Waals surface area contributed by atoms with Gasteiger partial charge in [-0.15, -0.1) is 0 Å². The zero-order chi connectivity index (χ0) is 19.2. The van der Waals surface area contributed by atoms with Crippen LogP contribution in [-0.2, 0) is 6.42 Å². The maximum absolute atomic E-state index is 5.38. The van der Waals surface area contributed by atoms with Crippen LogP contribution in [0.1, 0.15) is 31.0 Å². The largest absolute Gasteiger partial charge is 0.493 e. The van der Waals surface area contributed by atoms with Crippen molar-refractivity contribution in [2.75, 3.05) is 44.1 Å². The lowest BCUT2D eigenvalue weighted by atomic mass is 10.0. The molecule has 1 aromatic carbocycles. The topological polar surface area (TPSA) is 59.5 Å². The highest BCUT2D eigenvalue weighted by atomic mass is 16.5. The molecule has 0 amide bonds. The molecule has 1 aliphatic rings. The van der Waals surface area contributed by atoms with E-state index in [0.29, 0.717) is 5.92 Å². The maximum Gasteiger partial charge on any atom is 0.227 e. The summed E-state index contributed by atoms with van der Waals surface area (Å²) < 4.78 is 10.7. The number of methoxy groups -OCH3 is 2. The van der Waals surface area contributed by atoms with Crippen molar-refractivity contribution < 1.29 is 9.47 Å². The van der Waals surface area contributed by atoms with Crippen LogP contribution >= 0.6 is 0 Å². The summed E-state index contributed by atoms with van der Waals surface area (Å²) in [7, 11) is 3.31. The molecular weight excluding hydrogens is 340 g/mol. The van der Waals surface area contributed by atoms with Crippen LogP contribution in [0.15, 0.2) is 24.3 Å². The van der Waals surface area contributed by atoms with E-state index in [1.807, 2.05) is 25.1 Å². The molecule has 2 aromatic rings. The van der Waals surface area contributed by atoms with Gasteiger partial charge in [0.05, 0.1) is 14.2 Å². The number of ether oxygens (including phenoxy) is 2. The van der Waals surface area contributed by atoms with Gasteiger partial charge in [0.15, 0.2) is 11.5 Å². The Balaban J connectivity index is 1.62. The Hall–Kier alpha value is -2.50. The van der Waals surface area contributed by atoms with E-state index in [9.17, 15) is 0 Å². The van der Waals surface area contributed by atoms with Crippen LogP contribution in [0.3, 0.4) is 0 Å². The molecular formula is C21H30N4O2. The van der Waals surface area contributed by atoms with Gasteiger partial charge in [-0.25, -0.2) is 4.98 Å². The Bertz CT molecular complexity index is 766. The molecule has 0 radical (unpaired) electrons. The lowest BCUT2D eigenvalue weighted by Crippen LogP contribution is -2.35. The van der Waals surface area contributed by atoms with Crippen molar-refractivity contribution in [3.8, 4) is 11.5 Å². The third kappa shape index (κ3) is 5.02. The van der Waals surface area contributed by atoms with Crippen LogP contribution in [0.2, 0.25) is 0 Å². The summed E-state index contributed by atoms with van der Waals surface area (Å²) in [4.78, 5) is 11.7. The second-order valence-electron chi connectivity index (χ2n) is 7.25. The van der Waals surface area contributed by atoms with Gasteiger partial charge < -0.3 is 19.7 Å². The smallest absolute Gasteiger partial charge is 0.227 e. The normalized spacial score (nSPS) is 16.9. The highest BCUT2D eigenvalue weighted by molar-refractivity contribution is 5.45. The third-order valence-electron chi connectivity index (χ3n) is 4.95. The van der Waals surface area contributed by atoms with Crippen LogP contribution in [0.5, 0.6) is 11.5 Å². The van der Waals surface area contributed by atoms with Gasteiger partial charge in [0, 0.05) is 31.4 Å². The van der Waals surface area contributed by atoms with Crippen LogP contribution in [0.4, 0.5) is 11.8 Å². The quantitative estimate of drug-likeness (QED) is 0.802. The molecule has 0 aliphatic carbocycles. The Kier molecular flexibility index (Phi) is 6.37. The van der Waals surface area contributed by atoms with Crippen molar-refractivity contribution >= 4 is 11.8 Å². The fourth-order valence-corrected chi connectivity index (χ4v) is 3.53. The van der Waals surface area contributed by atoms with E-state index >= 15 is 0 Å². The summed E-state index contributed by atoms with van der Waals surface area (Å²) in [6.45, 7) is 7.19. The van der Waals surface area contributed by atoms with Crippen molar-refractivity contribution in [3.63, 3.8) is 0 Å². The number of anilines is 2. The fraction of sp³-hybridized carbons (Fsp3) is 0.524. The summed E-state index contributed by atoms with van der Waals surface area (Å²) in [6.07, 6.45) is 3.37. The van der Waals surface area contributed by atoms with Gasteiger partial charge in [-0.2, -0.15) is 4.98 Å². The number of aromatic nitrogens is 2. The minimum Gasteiger partial charge on any atom is -0.493 e. The summed E-state index contributed by atoms with van der Waals surface area (Å²) in [5.74, 6) is 3.94. The highest BCUT2D eigenvalue weighted by Gasteiger charge is 2.19. The predicted molar refractivity (Wildman–Crippen MR) is 109 cm³/mol. The number of nitrogens with zero attached hydrogens (tertiary/aromatic N) is 3. The summed E-state index contributed by atoms with van der Waals surface area (Å²) >= 11 is 0. The zero-order valence-electron chi connectivity index (χ0n) is 16.8. The third-order valence-corrected chi connectivity index (χ3v) is 4.95. The van der Waals surface area contributed by atoms with Crippen molar-refractivity contribution in [2.45, 2.75) is 33.1 Å². The minimum absolute atomic E-state index is 0.698. The van der Waals surface area contributed by atoms with E-state index in [-0.39, 0.29) is 0 Å². The molecule has 146 valence electrons. The molecule has 0 spiro atoms. The van der Waals surface area contributed by atoms with Crippen LogP contribution in [-0.4, -0.2) is 43.8 Å². The van der Waals surface area contributed by atoms with Crippen molar-refractivity contribution in [1.82, 2.24) is 9.97 Å². The van der Waals surface area contributed by atoms with Crippen LogP contribution < -0.4 is 19.7 Å². The van der Waals surface area contributed by atoms with Gasteiger partial charge in [0.2, 0.25) is 5.95 Å². The predicted octanol–water partition coefficient (Wildman–Crippen LogP) is 3.69. The molecule has 2 heterocycles. The molecule has 1 atom stereocenters. The van der Waals surface area contributed by atoms with E-state index in [1.165, 1.54) is 18.4 Å². The van der Waals surface area contributed by atoms with Crippen LogP contribution in [0, 0.1) is 12.8 Å². The average Bonchev–Trinajstić information content (AvgIpc) is 2.67. The number of nitrogens with one attached hydrogen (secondary N) is 1.